The number of aryl methyl sites for hydroxylation is 1. The van der Waals surface area contributed by atoms with Crippen molar-refractivity contribution in [2.45, 2.75) is 13.0 Å². The van der Waals surface area contributed by atoms with Crippen molar-refractivity contribution < 1.29 is 13.9 Å². The number of hydrogen-bond acceptors (Lipinski definition) is 6. The predicted octanol–water partition coefficient (Wildman–Crippen LogP) is 1.39. The summed E-state index contributed by atoms with van der Waals surface area (Å²) in [5.74, 6) is -0.605. The third kappa shape index (κ3) is 3.08. The highest BCUT2D eigenvalue weighted by Crippen LogP contribution is 2.27. The normalized spacial score (nSPS) is 17.8. The number of pyridine rings is 1. The van der Waals surface area contributed by atoms with Crippen molar-refractivity contribution in [3.63, 3.8) is 0 Å². The van der Waals surface area contributed by atoms with Crippen molar-refractivity contribution in [3.8, 4) is 11.4 Å². The highest BCUT2D eigenvalue weighted by molar-refractivity contribution is 5.92. The minimum Gasteiger partial charge on any atom is -0.377 e. The van der Waals surface area contributed by atoms with Crippen molar-refractivity contribution in [1.82, 2.24) is 25.3 Å². The number of halogens is 1. The number of ether oxygens (including phenoxy) is 1. The van der Waals surface area contributed by atoms with Crippen LogP contribution in [0.1, 0.15) is 5.56 Å². The SMILES string of the molecule is Cc1cnc2[nH]cc(-c3ncc(F)c(NC4COCCNC4=O)n3)c2c1. The Morgan fingerprint density at radius 2 is 2.23 bits per heavy atom. The molecule has 1 atom stereocenters. The monoisotopic (exact) mass is 356 g/mol. The van der Waals surface area contributed by atoms with Crippen LogP contribution in [0.15, 0.2) is 24.7 Å². The van der Waals surface area contributed by atoms with Crippen LogP contribution >= 0.6 is 0 Å². The first-order valence-electron chi connectivity index (χ1n) is 8.20. The molecule has 0 spiro atoms. The lowest BCUT2D eigenvalue weighted by Gasteiger charge is -2.16. The van der Waals surface area contributed by atoms with E-state index in [2.05, 4.69) is 30.6 Å². The number of hydrogen-bond donors (Lipinski definition) is 3. The van der Waals surface area contributed by atoms with Gasteiger partial charge in [-0.3, -0.25) is 4.79 Å². The lowest BCUT2D eigenvalue weighted by Crippen LogP contribution is -2.40. The Bertz CT molecular complexity index is 973. The Balaban J connectivity index is 1.69. The summed E-state index contributed by atoms with van der Waals surface area (Å²) in [7, 11) is 0. The van der Waals surface area contributed by atoms with E-state index in [0.717, 1.165) is 17.1 Å². The van der Waals surface area contributed by atoms with E-state index in [1.165, 1.54) is 0 Å². The van der Waals surface area contributed by atoms with Crippen LogP contribution in [0.3, 0.4) is 0 Å². The number of H-pyrrole nitrogens is 1. The third-order valence-corrected chi connectivity index (χ3v) is 4.11. The maximum absolute atomic E-state index is 14.2. The lowest BCUT2D eigenvalue weighted by molar-refractivity contribution is -0.121. The molecule has 3 aromatic heterocycles. The zero-order chi connectivity index (χ0) is 18.1. The second kappa shape index (κ2) is 6.68. The van der Waals surface area contributed by atoms with Crippen LogP contribution < -0.4 is 10.6 Å². The van der Waals surface area contributed by atoms with E-state index in [-0.39, 0.29) is 18.3 Å². The van der Waals surface area contributed by atoms with E-state index < -0.39 is 11.9 Å². The number of anilines is 1. The summed E-state index contributed by atoms with van der Waals surface area (Å²) in [5.41, 5.74) is 2.40. The minimum atomic E-state index is -0.721. The van der Waals surface area contributed by atoms with Crippen LogP contribution in [0.4, 0.5) is 10.2 Å². The highest BCUT2D eigenvalue weighted by Gasteiger charge is 2.23. The summed E-state index contributed by atoms with van der Waals surface area (Å²) in [6.45, 7) is 2.92. The average Bonchev–Trinajstić information content (AvgIpc) is 2.94. The van der Waals surface area contributed by atoms with E-state index in [9.17, 15) is 9.18 Å². The molecule has 0 radical (unpaired) electrons. The third-order valence-electron chi connectivity index (χ3n) is 4.11. The zero-order valence-electron chi connectivity index (χ0n) is 14.0. The Morgan fingerprint density at radius 1 is 1.35 bits per heavy atom. The van der Waals surface area contributed by atoms with Crippen LogP contribution in [0.25, 0.3) is 22.4 Å². The number of fused-ring (bicyclic) bond motifs is 1. The first-order valence-corrected chi connectivity index (χ1v) is 8.20. The van der Waals surface area contributed by atoms with Crippen molar-refractivity contribution in [3.05, 3.63) is 36.0 Å². The standard InChI is InChI=1S/C17H17FN6O2/c1-9-4-10-11(6-21-14(10)20-5-9)15-22-7-12(18)16(24-15)23-13-8-26-3-2-19-17(13)25/h4-7,13H,2-3,8H2,1H3,(H,19,25)(H,20,21)(H,22,23,24). The number of nitrogens with zero attached hydrogens (tertiary/aromatic N) is 3. The molecule has 0 aromatic carbocycles. The van der Waals surface area contributed by atoms with Gasteiger partial charge in [0.2, 0.25) is 5.91 Å². The summed E-state index contributed by atoms with van der Waals surface area (Å²) in [5, 5.41) is 6.36. The summed E-state index contributed by atoms with van der Waals surface area (Å²) in [6.07, 6.45) is 4.57. The molecule has 1 aliphatic rings. The van der Waals surface area contributed by atoms with Gasteiger partial charge in [-0.15, -0.1) is 0 Å². The molecule has 1 aliphatic heterocycles. The van der Waals surface area contributed by atoms with E-state index >= 15 is 0 Å². The molecule has 0 bridgehead atoms. The number of nitrogens with one attached hydrogen (secondary N) is 3. The molecule has 1 unspecified atom stereocenters. The number of aromatic amines is 1. The van der Waals surface area contributed by atoms with Gasteiger partial charge in [-0.25, -0.2) is 19.3 Å². The zero-order valence-corrected chi connectivity index (χ0v) is 14.0. The second-order valence-electron chi connectivity index (χ2n) is 6.06. The smallest absolute Gasteiger partial charge is 0.245 e. The molecule has 1 saturated heterocycles. The molecule has 3 N–H and O–H groups in total. The molecule has 9 heteroatoms. The van der Waals surface area contributed by atoms with Crippen molar-refractivity contribution in [2.75, 3.05) is 25.1 Å². The van der Waals surface area contributed by atoms with Gasteiger partial charge in [0.1, 0.15) is 11.7 Å². The summed E-state index contributed by atoms with van der Waals surface area (Å²) >= 11 is 0. The van der Waals surface area contributed by atoms with Crippen molar-refractivity contribution in [1.29, 1.82) is 0 Å². The van der Waals surface area contributed by atoms with Crippen LogP contribution in [0.2, 0.25) is 0 Å². The Labute approximate surface area is 148 Å². The quantitative estimate of drug-likeness (QED) is 0.655. The first kappa shape index (κ1) is 16.4. The molecular weight excluding hydrogens is 339 g/mol. The van der Waals surface area contributed by atoms with Gasteiger partial charge in [0.25, 0.3) is 0 Å². The maximum Gasteiger partial charge on any atom is 0.245 e. The van der Waals surface area contributed by atoms with Gasteiger partial charge in [0.05, 0.1) is 19.4 Å². The molecule has 26 heavy (non-hydrogen) atoms. The largest absolute Gasteiger partial charge is 0.377 e. The summed E-state index contributed by atoms with van der Waals surface area (Å²) in [4.78, 5) is 27.7. The number of carbonyl (C=O) groups excluding carboxylic acids is 1. The van der Waals surface area contributed by atoms with Gasteiger partial charge in [-0.05, 0) is 18.6 Å². The second-order valence-corrected chi connectivity index (χ2v) is 6.06. The van der Waals surface area contributed by atoms with E-state index in [1.54, 1.807) is 12.4 Å². The van der Waals surface area contributed by atoms with Crippen LogP contribution in [-0.4, -0.2) is 51.6 Å². The molecular formula is C17H17FN6O2. The van der Waals surface area contributed by atoms with Crippen LogP contribution in [-0.2, 0) is 9.53 Å². The van der Waals surface area contributed by atoms with E-state index in [1.807, 2.05) is 13.0 Å². The molecule has 134 valence electrons. The predicted molar refractivity (Wildman–Crippen MR) is 93.1 cm³/mol. The number of aromatic nitrogens is 4. The molecule has 1 fully saturated rings. The fourth-order valence-electron chi connectivity index (χ4n) is 2.81. The van der Waals surface area contributed by atoms with Crippen molar-refractivity contribution in [2.24, 2.45) is 0 Å². The highest BCUT2D eigenvalue weighted by atomic mass is 19.1. The maximum atomic E-state index is 14.2. The first-order chi connectivity index (χ1) is 12.6. The average molecular weight is 356 g/mol. The van der Waals surface area contributed by atoms with Gasteiger partial charge in [-0.2, -0.15) is 0 Å². The number of rotatable bonds is 3. The van der Waals surface area contributed by atoms with Crippen LogP contribution in [0.5, 0.6) is 0 Å². The van der Waals surface area contributed by atoms with Crippen molar-refractivity contribution >= 4 is 22.8 Å². The van der Waals surface area contributed by atoms with Gasteiger partial charge in [0, 0.05) is 29.9 Å². The Morgan fingerprint density at radius 3 is 3.12 bits per heavy atom. The fraction of sp³-hybridized carbons (Fsp3) is 0.294. The van der Waals surface area contributed by atoms with E-state index in [4.69, 9.17) is 4.74 Å². The molecule has 0 saturated carbocycles. The molecule has 8 nitrogen and oxygen atoms in total. The molecule has 1 amide bonds. The molecule has 4 heterocycles. The summed E-state index contributed by atoms with van der Waals surface area (Å²) < 4.78 is 19.5. The van der Waals surface area contributed by atoms with Gasteiger partial charge in [-0.1, -0.05) is 0 Å². The molecule has 3 aromatic rings. The molecule has 0 aliphatic carbocycles. The Kier molecular flexibility index (Phi) is 4.21. The van der Waals surface area contributed by atoms with Gasteiger partial charge >= 0.3 is 0 Å². The fourth-order valence-corrected chi connectivity index (χ4v) is 2.81. The number of amides is 1. The van der Waals surface area contributed by atoms with Crippen LogP contribution in [0, 0.1) is 12.7 Å². The minimum absolute atomic E-state index is 0.0457. The van der Waals surface area contributed by atoms with Gasteiger partial charge in [0.15, 0.2) is 17.5 Å². The lowest BCUT2D eigenvalue weighted by atomic mass is 10.1. The van der Waals surface area contributed by atoms with E-state index in [0.29, 0.717) is 30.2 Å². The Hall–Kier alpha value is -3.07. The topological polar surface area (TPSA) is 105 Å². The molecule has 4 rings (SSSR count). The summed E-state index contributed by atoms with van der Waals surface area (Å²) in [6, 6.07) is 1.24. The van der Waals surface area contributed by atoms with Gasteiger partial charge < -0.3 is 20.4 Å². The number of carbonyl (C=O) groups is 1.